The van der Waals surface area contributed by atoms with Crippen LogP contribution in [0.15, 0.2) is 18.5 Å². The van der Waals surface area contributed by atoms with Crippen LogP contribution in [0, 0.1) is 5.82 Å². The first-order valence-electron chi connectivity index (χ1n) is 5.60. The molecule has 0 radical (unpaired) electrons. The van der Waals surface area contributed by atoms with Gasteiger partial charge in [0.15, 0.2) is 0 Å². The molecule has 0 aromatic carbocycles. The van der Waals surface area contributed by atoms with E-state index in [0.717, 1.165) is 12.8 Å². The third kappa shape index (κ3) is 3.96. The summed E-state index contributed by atoms with van der Waals surface area (Å²) in [5.41, 5.74) is 6.50. The molecule has 0 aliphatic carbocycles. The maximum Gasteiger partial charge on any atom is 0.146 e. The van der Waals surface area contributed by atoms with E-state index in [-0.39, 0.29) is 11.9 Å². The maximum atomic E-state index is 13.3. The molecule has 15 heavy (non-hydrogen) atoms. The Morgan fingerprint density at radius 3 is 2.87 bits per heavy atom. The minimum Gasteiger partial charge on any atom is -0.324 e. The van der Waals surface area contributed by atoms with Crippen LogP contribution < -0.4 is 5.73 Å². The summed E-state index contributed by atoms with van der Waals surface area (Å²) in [7, 11) is 0. The summed E-state index contributed by atoms with van der Waals surface area (Å²) in [6.07, 6.45) is 8.34. The molecule has 3 heteroatoms. The first kappa shape index (κ1) is 12.1. The van der Waals surface area contributed by atoms with Crippen LogP contribution in [0.2, 0.25) is 0 Å². The number of hydrogen-bond acceptors (Lipinski definition) is 2. The van der Waals surface area contributed by atoms with E-state index >= 15 is 0 Å². The Bertz CT molecular complexity index is 289. The van der Waals surface area contributed by atoms with Crippen molar-refractivity contribution >= 4 is 0 Å². The number of nitrogens with two attached hydrogens (primary N) is 1. The van der Waals surface area contributed by atoms with Crippen molar-refractivity contribution in [2.45, 2.75) is 45.1 Å². The molecular formula is C12H19FN2. The number of unbranched alkanes of at least 4 members (excludes halogenated alkanes) is 3. The largest absolute Gasteiger partial charge is 0.324 e. The summed E-state index contributed by atoms with van der Waals surface area (Å²) >= 11 is 0. The molecule has 0 aliphatic heterocycles. The lowest BCUT2D eigenvalue weighted by molar-refractivity contribution is 0.529. The van der Waals surface area contributed by atoms with Gasteiger partial charge in [-0.15, -0.1) is 0 Å². The lowest BCUT2D eigenvalue weighted by Crippen LogP contribution is -2.12. The third-order valence-corrected chi connectivity index (χ3v) is 2.57. The summed E-state index contributed by atoms with van der Waals surface area (Å²) in [5, 5.41) is 0. The molecule has 1 aromatic heterocycles. The molecule has 0 aliphatic rings. The zero-order valence-electron chi connectivity index (χ0n) is 9.25. The molecular weight excluding hydrogens is 191 g/mol. The van der Waals surface area contributed by atoms with Gasteiger partial charge in [-0.05, 0) is 12.5 Å². The Kier molecular flexibility index (Phi) is 5.26. The SMILES string of the molecule is CCCCCCC(N)c1ccncc1F. The summed E-state index contributed by atoms with van der Waals surface area (Å²) in [6, 6.07) is 1.48. The molecule has 1 heterocycles. The van der Waals surface area contributed by atoms with E-state index in [1.165, 1.54) is 25.5 Å². The standard InChI is InChI=1S/C12H19FN2/c1-2-3-4-5-6-12(14)10-7-8-15-9-11(10)13/h7-9,12H,2-6,14H2,1H3. The van der Waals surface area contributed by atoms with Crippen molar-refractivity contribution in [2.75, 3.05) is 0 Å². The molecule has 0 spiro atoms. The van der Waals surface area contributed by atoms with Crippen molar-refractivity contribution in [3.63, 3.8) is 0 Å². The van der Waals surface area contributed by atoms with Crippen molar-refractivity contribution in [1.82, 2.24) is 4.98 Å². The van der Waals surface area contributed by atoms with E-state index in [0.29, 0.717) is 5.56 Å². The van der Waals surface area contributed by atoms with Gasteiger partial charge >= 0.3 is 0 Å². The highest BCUT2D eigenvalue weighted by Gasteiger charge is 2.10. The second kappa shape index (κ2) is 6.51. The fourth-order valence-electron chi connectivity index (χ4n) is 1.63. The van der Waals surface area contributed by atoms with Crippen LogP contribution >= 0.6 is 0 Å². The fourth-order valence-corrected chi connectivity index (χ4v) is 1.63. The van der Waals surface area contributed by atoms with E-state index in [1.807, 2.05) is 0 Å². The fraction of sp³-hybridized carbons (Fsp3) is 0.583. The van der Waals surface area contributed by atoms with E-state index in [4.69, 9.17) is 5.73 Å². The summed E-state index contributed by atoms with van der Waals surface area (Å²) < 4.78 is 13.3. The maximum absolute atomic E-state index is 13.3. The quantitative estimate of drug-likeness (QED) is 0.732. The molecule has 0 fully saturated rings. The Balaban J connectivity index is 2.40. The van der Waals surface area contributed by atoms with E-state index < -0.39 is 0 Å². The molecule has 2 nitrogen and oxygen atoms in total. The molecule has 0 amide bonds. The topological polar surface area (TPSA) is 38.9 Å². The predicted octanol–water partition coefficient (Wildman–Crippen LogP) is 3.19. The second-order valence-corrected chi connectivity index (χ2v) is 3.85. The minimum atomic E-state index is -0.291. The Morgan fingerprint density at radius 2 is 2.20 bits per heavy atom. The molecule has 0 bridgehead atoms. The summed E-state index contributed by atoms with van der Waals surface area (Å²) in [4.78, 5) is 3.71. The highest BCUT2D eigenvalue weighted by atomic mass is 19.1. The zero-order valence-corrected chi connectivity index (χ0v) is 9.25. The van der Waals surface area contributed by atoms with Crippen molar-refractivity contribution in [2.24, 2.45) is 5.73 Å². The first-order valence-corrected chi connectivity index (χ1v) is 5.60. The van der Waals surface area contributed by atoms with Gasteiger partial charge < -0.3 is 5.73 Å². The van der Waals surface area contributed by atoms with Gasteiger partial charge in [0, 0.05) is 17.8 Å². The molecule has 0 saturated carbocycles. The smallest absolute Gasteiger partial charge is 0.146 e. The number of pyridine rings is 1. The highest BCUT2D eigenvalue weighted by Crippen LogP contribution is 2.19. The molecule has 1 atom stereocenters. The Hall–Kier alpha value is -0.960. The van der Waals surface area contributed by atoms with Crippen LogP contribution in [0.4, 0.5) is 4.39 Å². The first-order chi connectivity index (χ1) is 7.25. The number of nitrogens with zero attached hydrogens (tertiary/aromatic N) is 1. The van der Waals surface area contributed by atoms with Gasteiger partial charge in [-0.2, -0.15) is 0 Å². The number of aromatic nitrogens is 1. The van der Waals surface area contributed by atoms with Crippen molar-refractivity contribution in [1.29, 1.82) is 0 Å². The van der Waals surface area contributed by atoms with Gasteiger partial charge in [0.05, 0.1) is 6.20 Å². The van der Waals surface area contributed by atoms with Crippen LogP contribution in [-0.4, -0.2) is 4.98 Å². The van der Waals surface area contributed by atoms with Crippen molar-refractivity contribution < 1.29 is 4.39 Å². The van der Waals surface area contributed by atoms with Gasteiger partial charge in [-0.1, -0.05) is 32.6 Å². The summed E-state index contributed by atoms with van der Waals surface area (Å²) in [5.74, 6) is -0.291. The van der Waals surface area contributed by atoms with Crippen LogP contribution in [0.5, 0.6) is 0 Å². The van der Waals surface area contributed by atoms with Gasteiger partial charge in [0.1, 0.15) is 5.82 Å². The number of hydrogen-bond donors (Lipinski definition) is 1. The monoisotopic (exact) mass is 210 g/mol. The predicted molar refractivity (Wildman–Crippen MR) is 59.9 cm³/mol. The van der Waals surface area contributed by atoms with Gasteiger partial charge in [0.25, 0.3) is 0 Å². The van der Waals surface area contributed by atoms with Crippen molar-refractivity contribution in [3.05, 3.63) is 29.8 Å². The number of rotatable bonds is 6. The minimum absolute atomic E-state index is 0.190. The zero-order chi connectivity index (χ0) is 11.1. The van der Waals surface area contributed by atoms with E-state index in [9.17, 15) is 4.39 Å². The van der Waals surface area contributed by atoms with Gasteiger partial charge in [0.2, 0.25) is 0 Å². The highest BCUT2D eigenvalue weighted by molar-refractivity contribution is 5.16. The average molecular weight is 210 g/mol. The molecule has 1 rings (SSSR count). The Labute approximate surface area is 90.7 Å². The van der Waals surface area contributed by atoms with Crippen molar-refractivity contribution in [3.8, 4) is 0 Å². The molecule has 2 N–H and O–H groups in total. The molecule has 84 valence electrons. The summed E-state index contributed by atoms with van der Waals surface area (Å²) in [6.45, 7) is 2.17. The van der Waals surface area contributed by atoms with E-state index in [2.05, 4.69) is 11.9 Å². The second-order valence-electron chi connectivity index (χ2n) is 3.85. The van der Waals surface area contributed by atoms with E-state index in [1.54, 1.807) is 12.3 Å². The Morgan fingerprint density at radius 1 is 1.40 bits per heavy atom. The third-order valence-electron chi connectivity index (χ3n) is 2.57. The van der Waals surface area contributed by atoms with Crippen LogP contribution in [0.3, 0.4) is 0 Å². The lowest BCUT2D eigenvalue weighted by atomic mass is 10.0. The normalized spacial score (nSPS) is 12.7. The lowest BCUT2D eigenvalue weighted by Gasteiger charge is -2.11. The molecule has 1 aromatic rings. The van der Waals surface area contributed by atoms with Gasteiger partial charge in [-0.3, -0.25) is 4.98 Å². The average Bonchev–Trinajstić information content (AvgIpc) is 2.25. The van der Waals surface area contributed by atoms with Crippen LogP contribution in [0.1, 0.15) is 50.6 Å². The van der Waals surface area contributed by atoms with Crippen LogP contribution in [0.25, 0.3) is 0 Å². The van der Waals surface area contributed by atoms with Gasteiger partial charge in [-0.25, -0.2) is 4.39 Å². The number of halogens is 1. The molecule has 1 unspecified atom stereocenters. The van der Waals surface area contributed by atoms with Crippen LogP contribution in [-0.2, 0) is 0 Å². The molecule has 0 saturated heterocycles.